The van der Waals surface area contributed by atoms with Crippen LogP contribution < -0.4 is 10.9 Å². The lowest BCUT2D eigenvalue weighted by molar-refractivity contribution is 0.318. The maximum atomic E-state index is 11.7. The molecule has 0 spiro atoms. The summed E-state index contributed by atoms with van der Waals surface area (Å²) in [5.41, 5.74) is 1.68. The Hall–Kier alpha value is -1.14. The van der Waals surface area contributed by atoms with E-state index in [-0.39, 0.29) is 28.6 Å². The van der Waals surface area contributed by atoms with Crippen LogP contribution in [0.4, 0.5) is 0 Å². The number of aromatic amines is 1. The first-order chi connectivity index (χ1) is 9.37. The largest absolute Gasteiger partial charge is 0.326 e. The van der Waals surface area contributed by atoms with Gasteiger partial charge in [-0.1, -0.05) is 6.07 Å². The second kappa shape index (κ2) is 4.70. The van der Waals surface area contributed by atoms with Crippen LogP contribution >= 0.6 is 0 Å². The van der Waals surface area contributed by atoms with Crippen LogP contribution in [0.2, 0.25) is 0 Å². The number of hydrogen-bond acceptors (Lipinski definition) is 4. The van der Waals surface area contributed by atoms with Gasteiger partial charge in [-0.2, -0.15) is 0 Å². The van der Waals surface area contributed by atoms with Gasteiger partial charge in [-0.25, -0.2) is 8.42 Å². The summed E-state index contributed by atoms with van der Waals surface area (Å²) in [6.45, 7) is 1.98. The number of fused-ring (bicyclic) bond motifs is 1. The Bertz CT molecular complexity index is 680. The van der Waals surface area contributed by atoms with E-state index in [0.717, 1.165) is 30.5 Å². The molecule has 110 valence electrons. The van der Waals surface area contributed by atoms with Crippen molar-refractivity contribution < 1.29 is 8.42 Å². The molecule has 6 heteroatoms. The predicted molar refractivity (Wildman–Crippen MR) is 77.6 cm³/mol. The van der Waals surface area contributed by atoms with Crippen molar-refractivity contribution in [1.29, 1.82) is 0 Å². The van der Waals surface area contributed by atoms with Gasteiger partial charge >= 0.3 is 0 Å². The number of aryl methyl sites for hydroxylation is 1. The SMILES string of the molecule is CC1(NC2CCCc3[nH]c(=O)ccc32)CCS(=O)(=O)C1. The van der Waals surface area contributed by atoms with Gasteiger partial charge < -0.3 is 10.3 Å². The van der Waals surface area contributed by atoms with Gasteiger partial charge in [-0.15, -0.1) is 0 Å². The van der Waals surface area contributed by atoms with Crippen molar-refractivity contribution in [2.75, 3.05) is 11.5 Å². The molecule has 2 heterocycles. The third kappa shape index (κ3) is 2.67. The molecule has 2 aliphatic rings. The molecule has 1 aromatic heterocycles. The fourth-order valence-electron chi connectivity index (χ4n) is 3.40. The van der Waals surface area contributed by atoms with Crippen LogP contribution in [0.5, 0.6) is 0 Å². The minimum absolute atomic E-state index is 0.0703. The maximum absolute atomic E-state index is 11.7. The quantitative estimate of drug-likeness (QED) is 0.850. The number of nitrogens with one attached hydrogen (secondary N) is 2. The molecule has 0 saturated carbocycles. The lowest BCUT2D eigenvalue weighted by atomic mass is 9.88. The summed E-state index contributed by atoms with van der Waals surface area (Å²) in [5, 5.41) is 3.52. The van der Waals surface area contributed by atoms with Gasteiger partial charge in [0.05, 0.1) is 11.5 Å². The van der Waals surface area contributed by atoms with Gasteiger partial charge in [0, 0.05) is 23.3 Å². The van der Waals surface area contributed by atoms with Crippen molar-refractivity contribution in [3.8, 4) is 0 Å². The first kappa shape index (κ1) is 13.8. The van der Waals surface area contributed by atoms with E-state index in [9.17, 15) is 13.2 Å². The number of rotatable bonds is 2. The molecule has 1 aromatic rings. The second-order valence-electron chi connectivity index (χ2n) is 6.25. The van der Waals surface area contributed by atoms with E-state index in [0.29, 0.717) is 6.42 Å². The number of H-pyrrole nitrogens is 1. The number of hydrogen-bond donors (Lipinski definition) is 2. The standard InChI is InChI=1S/C14H20N2O3S/c1-14(7-8-20(18,19)9-14)16-12-4-2-3-11-10(12)5-6-13(17)15-11/h5-6,12,16H,2-4,7-9H2,1H3,(H,15,17). The van der Waals surface area contributed by atoms with E-state index in [1.54, 1.807) is 6.07 Å². The van der Waals surface area contributed by atoms with Crippen molar-refractivity contribution in [1.82, 2.24) is 10.3 Å². The summed E-state index contributed by atoms with van der Waals surface area (Å²) >= 11 is 0. The van der Waals surface area contributed by atoms with Gasteiger partial charge in [0.25, 0.3) is 0 Å². The zero-order valence-electron chi connectivity index (χ0n) is 11.6. The van der Waals surface area contributed by atoms with Crippen molar-refractivity contribution in [2.45, 2.75) is 44.2 Å². The van der Waals surface area contributed by atoms with Gasteiger partial charge in [0.1, 0.15) is 0 Å². The molecule has 0 bridgehead atoms. The Labute approximate surface area is 118 Å². The minimum atomic E-state index is -2.91. The van der Waals surface area contributed by atoms with Crippen molar-refractivity contribution in [3.63, 3.8) is 0 Å². The van der Waals surface area contributed by atoms with Crippen molar-refractivity contribution in [2.24, 2.45) is 0 Å². The van der Waals surface area contributed by atoms with Crippen LogP contribution in [-0.4, -0.2) is 30.4 Å². The monoisotopic (exact) mass is 296 g/mol. The summed E-state index contributed by atoms with van der Waals surface area (Å²) in [7, 11) is -2.91. The fraction of sp³-hybridized carbons (Fsp3) is 0.643. The zero-order valence-corrected chi connectivity index (χ0v) is 12.4. The molecule has 0 radical (unpaired) electrons. The summed E-state index contributed by atoms with van der Waals surface area (Å²) in [6.07, 6.45) is 3.53. The summed E-state index contributed by atoms with van der Waals surface area (Å²) in [5.74, 6) is 0.469. The number of sulfone groups is 1. The molecule has 20 heavy (non-hydrogen) atoms. The van der Waals surface area contributed by atoms with E-state index in [1.807, 2.05) is 13.0 Å². The summed E-state index contributed by atoms with van der Waals surface area (Å²) in [4.78, 5) is 14.3. The molecule has 1 aliphatic heterocycles. The highest BCUT2D eigenvalue weighted by atomic mass is 32.2. The lowest BCUT2D eigenvalue weighted by Gasteiger charge is -2.34. The average molecular weight is 296 g/mol. The van der Waals surface area contributed by atoms with Crippen LogP contribution in [0, 0.1) is 0 Å². The molecule has 2 unspecified atom stereocenters. The normalized spacial score (nSPS) is 31.9. The maximum Gasteiger partial charge on any atom is 0.248 e. The van der Waals surface area contributed by atoms with Gasteiger partial charge in [-0.05, 0) is 38.2 Å². The van der Waals surface area contributed by atoms with Crippen LogP contribution in [0.1, 0.15) is 43.5 Å². The molecular weight excluding hydrogens is 276 g/mol. The molecule has 1 aliphatic carbocycles. The van der Waals surface area contributed by atoms with E-state index in [1.165, 1.54) is 0 Å². The molecule has 1 fully saturated rings. The molecule has 3 rings (SSSR count). The molecular formula is C14H20N2O3S. The van der Waals surface area contributed by atoms with Crippen molar-refractivity contribution >= 4 is 9.84 Å². The van der Waals surface area contributed by atoms with Gasteiger partial charge in [-0.3, -0.25) is 4.79 Å². The molecule has 2 atom stereocenters. The zero-order chi connectivity index (χ0) is 14.4. The first-order valence-electron chi connectivity index (χ1n) is 7.07. The Morgan fingerprint density at radius 1 is 1.40 bits per heavy atom. The van der Waals surface area contributed by atoms with E-state index >= 15 is 0 Å². The lowest BCUT2D eigenvalue weighted by Crippen LogP contribution is -2.46. The van der Waals surface area contributed by atoms with E-state index in [2.05, 4.69) is 10.3 Å². The van der Waals surface area contributed by atoms with Gasteiger partial charge in [0.2, 0.25) is 5.56 Å². The summed E-state index contributed by atoms with van der Waals surface area (Å²) < 4.78 is 23.4. The van der Waals surface area contributed by atoms with Gasteiger partial charge in [0.15, 0.2) is 9.84 Å². The molecule has 0 aromatic carbocycles. The average Bonchev–Trinajstić information content (AvgIpc) is 2.63. The second-order valence-corrected chi connectivity index (χ2v) is 8.43. The Kier molecular flexibility index (Phi) is 3.25. The third-order valence-corrected chi connectivity index (χ3v) is 6.26. The predicted octanol–water partition coefficient (Wildman–Crippen LogP) is 0.919. The van der Waals surface area contributed by atoms with Crippen LogP contribution in [0.15, 0.2) is 16.9 Å². The van der Waals surface area contributed by atoms with Crippen LogP contribution in [-0.2, 0) is 16.3 Å². The van der Waals surface area contributed by atoms with Crippen molar-refractivity contribution in [3.05, 3.63) is 33.7 Å². The number of pyridine rings is 1. The Balaban J connectivity index is 1.85. The Morgan fingerprint density at radius 3 is 2.90 bits per heavy atom. The van der Waals surface area contributed by atoms with E-state index in [4.69, 9.17) is 0 Å². The first-order valence-corrected chi connectivity index (χ1v) is 8.89. The summed E-state index contributed by atoms with van der Waals surface area (Å²) in [6, 6.07) is 3.55. The highest BCUT2D eigenvalue weighted by molar-refractivity contribution is 7.91. The Morgan fingerprint density at radius 2 is 2.20 bits per heavy atom. The minimum Gasteiger partial charge on any atom is -0.326 e. The highest BCUT2D eigenvalue weighted by Gasteiger charge is 2.40. The molecule has 2 N–H and O–H groups in total. The van der Waals surface area contributed by atoms with Crippen LogP contribution in [0.25, 0.3) is 0 Å². The molecule has 5 nitrogen and oxygen atoms in total. The van der Waals surface area contributed by atoms with E-state index < -0.39 is 9.84 Å². The molecule has 0 amide bonds. The highest BCUT2D eigenvalue weighted by Crippen LogP contribution is 2.32. The molecule has 1 saturated heterocycles. The smallest absolute Gasteiger partial charge is 0.248 e. The van der Waals surface area contributed by atoms with Crippen LogP contribution in [0.3, 0.4) is 0 Å². The fourth-order valence-corrected chi connectivity index (χ4v) is 5.50. The topological polar surface area (TPSA) is 79.0 Å². The third-order valence-electron chi connectivity index (χ3n) is 4.36. The number of aromatic nitrogens is 1.